The second kappa shape index (κ2) is 8.37. The Balaban J connectivity index is 1.22. The second-order valence-electron chi connectivity index (χ2n) is 9.45. The summed E-state index contributed by atoms with van der Waals surface area (Å²) in [5, 5.41) is 0.977. The standard InChI is InChI=1S/C25H30FN3O2S/c1-16-21-12-20(26)8-9-24(21)28-23(16)7-4-10-29-14-22-17(2)25(22,15-29)19-6-3-5-18(11-19)13-27-32(30)31/h3,5-6,8-9,11-12,17,22,27-28H,4,7,10,13-15H2,1-2H3,(H,30,31)/p-1. The Kier molecular flexibility index (Phi) is 5.70. The van der Waals surface area contributed by atoms with E-state index in [1.165, 1.54) is 17.3 Å². The lowest BCUT2D eigenvalue weighted by Gasteiger charge is -2.23. The fraction of sp³-hybridized carbons (Fsp3) is 0.440. The van der Waals surface area contributed by atoms with Crippen molar-refractivity contribution in [3.05, 3.63) is 70.7 Å². The molecular formula is C25H29FN3O2S-. The molecule has 1 aromatic heterocycles. The molecule has 5 rings (SSSR count). The highest BCUT2D eigenvalue weighted by Crippen LogP contribution is 2.63. The number of benzene rings is 2. The fourth-order valence-electron chi connectivity index (χ4n) is 5.96. The van der Waals surface area contributed by atoms with Crippen molar-refractivity contribution in [2.75, 3.05) is 19.6 Å². The van der Waals surface area contributed by atoms with Crippen molar-refractivity contribution in [2.45, 2.75) is 38.6 Å². The number of hydrogen-bond acceptors (Lipinski definition) is 3. The van der Waals surface area contributed by atoms with Gasteiger partial charge in [-0.1, -0.05) is 31.2 Å². The molecule has 2 N–H and O–H groups in total. The van der Waals surface area contributed by atoms with Crippen molar-refractivity contribution in [2.24, 2.45) is 11.8 Å². The highest BCUT2D eigenvalue weighted by Gasteiger charge is 2.66. The van der Waals surface area contributed by atoms with Crippen LogP contribution in [0.5, 0.6) is 0 Å². The summed E-state index contributed by atoms with van der Waals surface area (Å²) in [6, 6.07) is 13.3. The lowest BCUT2D eigenvalue weighted by Crippen LogP contribution is -2.30. The van der Waals surface area contributed by atoms with E-state index in [-0.39, 0.29) is 11.2 Å². The van der Waals surface area contributed by atoms with Crippen molar-refractivity contribution in [1.29, 1.82) is 0 Å². The number of hydrogen-bond donors (Lipinski definition) is 2. The third-order valence-electron chi connectivity index (χ3n) is 7.79. The summed E-state index contributed by atoms with van der Waals surface area (Å²) in [7, 11) is 0. The average molecular weight is 455 g/mol. The summed E-state index contributed by atoms with van der Waals surface area (Å²) in [5.41, 5.74) is 5.89. The van der Waals surface area contributed by atoms with Crippen LogP contribution < -0.4 is 4.72 Å². The first-order valence-electron chi connectivity index (χ1n) is 11.3. The van der Waals surface area contributed by atoms with Crippen LogP contribution in [0.4, 0.5) is 4.39 Å². The van der Waals surface area contributed by atoms with E-state index in [1.807, 2.05) is 18.2 Å². The maximum atomic E-state index is 13.6. The molecule has 0 amide bonds. The largest absolute Gasteiger partial charge is 0.760 e. The minimum Gasteiger partial charge on any atom is -0.760 e. The van der Waals surface area contributed by atoms with Crippen molar-refractivity contribution >= 4 is 22.2 Å². The maximum absolute atomic E-state index is 13.6. The third kappa shape index (κ3) is 3.81. The Hall–Kier alpha value is -2.06. The van der Waals surface area contributed by atoms with Crippen molar-refractivity contribution in [3.8, 4) is 0 Å². The lowest BCUT2D eigenvalue weighted by molar-refractivity contribution is 0.277. The molecule has 2 heterocycles. The van der Waals surface area contributed by atoms with Gasteiger partial charge in [0.05, 0.1) is 0 Å². The quantitative estimate of drug-likeness (QED) is 0.506. The smallest absolute Gasteiger partial charge is 0.123 e. The zero-order chi connectivity index (χ0) is 22.5. The van der Waals surface area contributed by atoms with Gasteiger partial charge in [-0.3, -0.25) is 4.21 Å². The molecule has 1 saturated heterocycles. The van der Waals surface area contributed by atoms with Crippen LogP contribution in [0.3, 0.4) is 0 Å². The van der Waals surface area contributed by atoms with Gasteiger partial charge in [0.1, 0.15) is 5.82 Å². The van der Waals surface area contributed by atoms with Gasteiger partial charge in [-0.25, -0.2) is 9.11 Å². The van der Waals surface area contributed by atoms with Crippen LogP contribution in [-0.2, 0) is 29.6 Å². The van der Waals surface area contributed by atoms with Gasteiger partial charge in [0.25, 0.3) is 0 Å². The van der Waals surface area contributed by atoms with Crippen LogP contribution in [0.25, 0.3) is 10.9 Å². The molecule has 0 bridgehead atoms. The number of halogens is 1. The topological polar surface area (TPSA) is 71.2 Å². The number of likely N-dealkylation sites (tertiary alicyclic amines) is 1. The highest BCUT2D eigenvalue weighted by atomic mass is 32.2. The molecule has 32 heavy (non-hydrogen) atoms. The summed E-state index contributed by atoms with van der Waals surface area (Å²) >= 11 is -2.24. The molecular weight excluding hydrogens is 425 g/mol. The number of nitrogens with zero attached hydrogens (tertiary/aromatic N) is 1. The van der Waals surface area contributed by atoms with Crippen LogP contribution in [0.2, 0.25) is 0 Å². The molecule has 4 unspecified atom stereocenters. The van der Waals surface area contributed by atoms with Gasteiger partial charge in [-0.05, 0) is 73.0 Å². The summed E-state index contributed by atoms with van der Waals surface area (Å²) in [6.07, 6.45) is 2.02. The van der Waals surface area contributed by atoms with Gasteiger partial charge < -0.3 is 14.4 Å². The van der Waals surface area contributed by atoms with Crippen molar-refractivity contribution < 1.29 is 13.2 Å². The molecule has 0 radical (unpaired) electrons. The lowest BCUT2D eigenvalue weighted by atomic mass is 9.91. The first-order chi connectivity index (χ1) is 15.4. The van der Waals surface area contributed by atoms with Gasteiger partial charge in [0, 0.05) is 52.9 Å². The monoisotopic (exact) mass is 454 g/mol. The number of H-pyrrole nitrogens is 1. The molecule has 170 valence electrons. The van der Waals surface area contributed by atoms with E-state index in [2.05, 4.69) is 40.6 Å². The molecule has 1 saturated carbocycles. The first-order valence-corrected chi connectivity index (χ1v) is 12.4. The van der Waals surface area contributed by atoms with E-state index < -0.39 is 11.3 Å². The number of aromatic nitrogens is 1. The van der Waals surface area contributed by atoms with Gasteiger partial charge >= 0.3 is 0 Å². The predicted octanol–water partition coefficient (Wildman–Crippen LogP) is 3.95. The molecule has 2 aliphatic rings. The number of rotatable bonds is 8. The average Bonchev–Trinajstić information content (AvgIpc) is 3.05. The van der Waals surface area contributed by atoms with Crippen LogP contribution in [0, 0.1) is 24.6 Å². The van der Waals surface area contributed by atoms with Crippen molar-refractivity contribution in [1.82, 2.24) is 14.6 Å². The van der Waals surface area contributed by atoms with Gasteiger partial charge in [-0.2, -0.15) is 0 Å². The normalized spacial score (nSPS) is 25.9. The molecule has 2 aromatic carbocycles. The molecule has 5 nitrogen and oxygen atoms in total. The predicted molar refractivity (Wildman–Crippen MR) is 124 cm³/mol. The SMILES string of the molecule is Cc1c(CCCN2CC3C(C)C3(c3cccc(CNS(=O)[O-])c3)C2)[nH]c2ccc(F)cc12. The molecule has 1 aliphatic carbocycles. The van der Waals surface area contributed by atoms with E-state index in [0.29, 0.717) is 18.4 Å². The Morgan fingerprint density at radius 3 is 2.97 bits per heavy atom. The first kappa shape index (κ1) is 21.8. The summed E-state index contributed by atoms with van der Waals surface area (Å²) in [5.74, 6) is 1.13. The number of aryl methyl sites for hydroxylation is 2. The number of piperidine rings is 1. The van der Waals surface area contributed by atoms with E-state index in [9.17, 15) is 13.2 Å². The Morgan fingerprint density at radius 2 is 2.16 bits per heavy atom. The van der Waals surface area contributed by atoms with E-state index in [4.69, 9.17) is 0 Å². The molecule has 1 aliphatic heterocycles. The summed E-state index contributed by atoms with van der Waals surface area (Å²) in [6.45, 7) is 7.96. The van der Waals surface area contributed by atoms with E-state index >= 15 is 0 Å². The zero-order valence-corrected chi connectivity index (χ0v) is 19.3. The Labute approximate surface area is 190 Å². The van der Waals surface area contributed by atoms with Crippen LogP contribution in [-0.4, -0.2) is 38.3 Å². The van der Waals surface area contributed by atoms with E-state index in [0.717, 1.165) is 54.5 Å². The Morgan fingerprint density at radius 1 is 1.31 bits per heavy atom. The molecule has 4 atom stereocenters. The molecule has 7 heteroatoms. The van der Waals surface area contributed by atoms with Gasteiger partial charge in [0.2, 0.25) is 0 Å². The van der Waals surface area contributed by atoms with Crippen LogP contribution in [0.1, 0.15) is 35.7 Å². The maximum Gasteiger partial charge on any atom is 0.123 e. The zero-order valence-electron chi connectivity index (χ0n) is 18.5. The summed E-state index contributed by atoms with van der Waals surface area (Å²) in [4.78, 5) is 6.03. The minimum atomic E-state index is -2.24. The second-order valence-corrected chi connectivity index (χ2v) is 10.2. The minimum absolute atomic E-state index is 0.192. The molecule has 2 fully saturated rings. The van der Waals surface area contributed by atoms with Gasteiger partial charge in [-0.15, -0.1) is 0 Å². The van der Waals surface area contributed by atoms with Crippen LogP contribution >= 0.6 is 0 Å². The van der Waals surface area contributed by atoms with Crippen molar-refractivity contribution in [3.63, 3.8) is 0 Å². The summed E-state index contributed by atoms with van der Waals surface area (Å²) < 4.78 is 37.7. The fourth-order valence-corrected chi connectivity index (χ4v) is 6.24. The molecule has 3 aromatic rings. The third-order valence-corrected chi connectivity index (χ3v) is 8.17. The van der Waals surface area contributed by atoms with E-state index in [1.54, 1.807) is 6.07 Å². The number of fused-ring (bicyclic) bond motifs is 2. The Bertz CT molecular complexity index is 1180. The van der Waals surface area contributed by atoms with Crippen LogP contribution in [0.15, 0.2) is 42.5 Å². The van der Waals surface area contributed by atoms with Gasteiger partial charge in [0.15, 0.2) is 0 Å². The number of nitrogens with one attached hydrogen (secondary N) is 2. The molecule has 0 spiro atoms. The highest BCUT2D eigenvalue weighted by molar-refractivity contribution is 7.77. The number of aromatic amines is 1.